The fraction of sp³-hybridized carbons (Fsp3) is 0.400. The van der Waals surface area contributed by atoms with Crippen molar-refractivity contribution in [3.63, 3.8) is 0 Å². The minimum absolute atomic E-state index is 0. The van der Waals surface area contributed by atoms with Gasteiger partial charge in [-0.1, -0.05) is 23.5 Å². The zero-order chi connectivity index (χ0) is 19.2. The van der Waals surface area contributed by atoms with Gasteiger partial charge in [-0.25, -0.2) is 4.98 Å². The van der Waals surface area contributed by atoms with Gasteiger partial charge in [-0.05, 0) is 57.6 Å². The Labute approximate surface area is 180 Å². The Kier molecular flexibility index (Phi) is 8.69. The summed E-state index contributed by atoms with van der Waals surface area (Å²) < 4.78 is 6.75. The molecule has 152 valence electrons. The molecule has 1 amide bonds. The second kappa shape index (κ2) is 10.8. The maximum Gasteiger partial charge on any atom is 0.234 e. The lowest BCUT2D eigenvalue weighted by atomic mass is 10.3. The number of nitrogens with zero attached hydrogens (tertiary/aromatic N) is 3. The van der Waals surface area contributed by atoms with E-state index in [0.29, 0.717) is 19.6 Å². The normalized spacial score (nSPS) is 10.9. The number of anilines is 1. The first-order valence-corrected chi connectivity index (χ1v) is 10.8. The summed E-state index contributed by atoms with van der Waals surface area (Å²) in [6, 6.07) is 9.92. The van der Waals surface area contributed by atoms with Crippen molar-refractivity contribution in [3.8, 4) is 5.75 Å². The first-order chi connectivity index (χ1) is 13.1. The highest BCUT2D eigenvalue weighted by Gasteiger charge is 2.21. The third-order valence-electron chi connectivity index (χ3n) is 4.10. The van der Waals surface area contributed by atoms with Crippen LogP contribution in [-0.2, 0) is 11.2 Å². The molecule has 0 spiro atoms. The molecule has 0 radical (unpaired) electrons. The summed E-state index contributed by atoms with van der Waals surface area (Å²) in [5, 5.41) is 2.75. The number of benzene rings is 1. The predicted molar refractivity (Wildman–Crippen MR) is 122 cm³/mol. The van der Waals surface area contributed by atoms with Crippen molar-refractivity contribution >= 4 is 56.3 Å². The third kappa shape index (κ3) is 5.67. The third-order valence-corrected chi connectivity index (χ3v) is 6.02. The summed E-state index contributed by atoms with van der Waals surface area (Å²) in [6.45, 7) is 4.14. The summed E-state index contributed by atoms with van der Waals surface area (Å²) in [7, 11) is 4.09. The van der Waals surface area contributed by atoms with E-state index < -0.39 is 0 Å². The summed E-state index contributed by atoms with van der Waals surface area (Å²) in [4.78, 5) is 22.8. The minimum Gasteiger partial charge on any atom is -0.492 e. The summed E-state index contributed by atoms with van der Waals surface area (Å²) >= 11 is 3.16. The van der Waals surface area contributed by atoms with E-state index in [2.05, 4.69) is 4.90 Å². The van der Waals surface area contributed by atoms with Gasteiger partial charge >= 0.3 is 0 Å². The SMILES string of the molecule is CCOc1cccc2sc(N(CCCN(C)C)C(=O)Cc3cccs3)nc12.Cl. The number of ether oxygens (including phenoxy) is 1. The molecule has 0 N–H and O–H groups in total. The topological polar surface area (TPSA) is 45.7 Å². The molecule has 3 rings (SSSR count). The lowest BCUT2D eigenvalue weighted by Crippen LogP contribution is -2.34. The molecule has 3 aromatic rings. The summed E-state index contributed by atoms with van der Waals surface area (Å²) in [5.74, 6) is 0.865. The molecule has 8 heteroatoms. The van der Waals surface area contributed by atoms with Gasteiger partial charge in [0.05, 0.1) is 17.7 Å². The molecule has 0 aliphatic carbocycles. The fourth-order valence-electron chi connectivity index (χ4n) is 2.83. The fourth-order valence-corrected chi connectivity index (χ4v) is 4.55. The predicted octanol–water partition coefficient (Wildman–Crippen LogP) is 4.71. The van der Waals surface area contributed by atoms with Gasteiger partial charge in [0.1, 0.15) is 11.3 Å². The van der Waals surface area contributed by atoms with Crippen LogP contribution in [0.25, 0.3) is 10.2 Å². The van der Waals surface area contributed by atoms with E-state index in [-0.39, 0.29) is 18.3 Å². The van der Waals surface area contributed by atoms with Crippen molar-refractivity contribution in [1.29, 1.82) is 0 Å². The highest BCUT2D eigenvalue weighted by atomic mass is 35.5. The first-order valence-electron chi connectivity index (χ1n) is 9.08. The van der Waals surface area contributed by atoms with E-state index >= 15 is 0 Å². The first kappa shape index (κ1) is 22.6. The number of para-hydroxylation sites is 1. The van der Waals surface area contributed by atoms with Crippen molar-refractivity contribution in [2.75, 3.05) is 38.7 Å². The highest BCUT2D eigenvalue weighted by molar-refractivity contribution is 7.22. The van der Waals surface area contributed by atoms with Gasteiger partial charge in [-0.3, -0.25) is 9.69 Å². The van der Waals surface area contributed by atoms with Crippen LogP contribution in [-0.4, -0.2) is 49.6 Å². The number of thiophene rings is 1. The molecule has 0 unspecified atom stereocenters. The van der Waals surface area contributed by atoms with Gasteiger partial charge < -0.3 is 9.64 Å². The largest absolute Gasteiger partial charge is 0.492 e. The molecule has 0 fully saturated rings. The average Bonchev–Trinajstić information content (AvgIpc) is 3.28. The van der Waals surface area contributed by atoms with Crippen molar-refractivity contribution in [2.24, 2.45) is 0 Å². The molecule has 0 aliphatic heterocycles. The standard InChI is InChI=1S/C20H25N3O2S2.ClH/c1-4-25-16-9-5-10-17-19(16)21-20(27-17)23(12-7-11-22(2)3)18(24)14-15-8-6-13-26-15;/h5-6,8-10,13H,4,7,11-12,14H2,1-3H3;1H. The molecule has 2 heterocycles. The smallest absolute Gasteiger partial charge is 0.234 e. The minimum atomic E-state index is 0. The van der Waals surface area contributed by atoms with E-state index in [0.717, 1.165) is 38.9 Å². The summed E-state index contributed by atoms with van der Waals surface area (Å²) in [5.41, 5.74) is 0.834. The number of carbonyl (C=O) groups is 1. The van der Waals surface area contributed by atoms with Crippen LogP contribution in [0.2, 0.25) is 0 Å². The number of amides is 1. The van der Waals surface area contributed by atoms with Crippen molar-refractivity contribution in [3.05, 3.63) is 40.6 Å². The van der Waals surface area contributed by atoms with Crippen LogP contribution in [0.1, 0.15) is 18.2 Å². The maximum absolute atomic E-state index is 13.0. The molecule has 0 atom stereocenters. The molecular formula is C20H26ClN3O2S2. The van der Waals surface area contributed by atoms with E-state index in [1.54, 1.807) is 22.7 Å². The molecule has 0 aliphatic rings. The molecule has 28 heavy (non-hydrogen) atoms. The van der Waals surface area contributed by atoms with Crippen LogP contribution in [0, 0.1) is 0 Å². The lowest BCUT2D eigenvalue weighted by Gasteiger charge is -2.20. The van der Waals surface area contributed by atoms with Crippen LogP contribution < -0.4 is 9.64 Å². The number of rotatable bonds is 9. The Morgan fingerprint density at radius 1 is 1.18 bits per heavy atom. The number of carbonyl (C=O) groups excluding carboxylic acids is 1. The van der Waals surface area contributed by atoms with E-state index in [9.17, 15) is 4.79 Å². The van der Waals surface area contributed by atoms with Crippen LogP contribution in [0.15, 0.2) is 35.7 Å². The molecule has 0 bridgehead atoms. The zero-order valence-electron chi connectivity index (χ0n) is 16.4. The van der Waals surface area contributed by atoms with Crippen LogP contribution >= 0.6 is 35.1 Å². The molecular weight excluding hydrogens is 414 g/mol. The lowest BCUT2D eigenvalue weighted by molar-refractivity contribution is -0.118. The molecule has 2 aromatic heterocycles. The second-order valence-corrected chi connectivity index (χ2v) is 8.53. The zero-order valence-corrected chi connectivity index (χ0v) is 18.8. The Morgan fingerprint density at radius 2 is 2.00 bits per heavy atom. The van der Waals surface area contributed by atoms with Gasteiger partial charge in [-0.2, -0.15) is 0 Å². The van der Waals surface area contributed by atoms with Crippen molar-refractivity contribution in [1.82, 2.24) is 9.88 Å². The van der Waals surface area contributed by atoms with Gasteiger partial charge in [0.2, 0.25) is 5.91 Å². The number of hydrogen-bond donors (Lipinski definition) is 0. The van der Waals surface area contributed by atoms with Crippen LogP contribution in [0.4, 0.5) is 5.13 Å². The number of halogens is 1. The van der Waals surface area contributed by atoms with Gasteiger partial charge in [0.15, 0.2) is 5.13 Å². The van der Waals surface area contributed by atoms with Crippen LogP contribution in [0.5, 0.6) is 5.75 Å². The van der Waals surface area contributed by atoms with Crippen molar-refractivity contribution < 1.29 is 9.53 Å². The second-order valence-electron chi connectivity index (χ2n) is 6.49. The Bertz CT molecular complexity index is 881. The molecule has 1 aromatic carbocycles. The number of fused-ring (bicyclic) bond motifs is 1. The van der Waals surface area contributed by atoms with Gasteiger partial charge in [-0.15, -0.1) is 23.7 Å². The molecule has 5 nitrogen and oxygen atoms in total. The Hall–Kier alpha value is -1.67. The van der Waals surface area contributed by atoms with Crippen molar-refractivity contribution in [2.45, 2.75) is 19.8 Å². The Balaban J connectivity index is 0.00000280. The van der Waals surface area contributed by atoms with Crippen LogP contribution in [0.3, 0.4) is 0 Å². The van der Waals surface area contributed by atoms with E-state index in [1.165, 1.54) is 0 Å². The van der Waals surface area contributed by atoms with E-state index in [1.807, 2.05) is 61.6 Å². The maximum atomic E-state index is 13.0. The van der Waals surface area contributed by atoms with Gasteiger partial charge in [0, 0.05) is 11.4 Å². The quantitative estimate of drug-likeness (QED) is 0.484. The van der Waals surface area contributed by atoms with E-state index in [4.69, 9.17) is 9.72 Å². The monoisotopic (exact) mass is 439 g/mol. The number of hydrogen-bond acceptors (Lipinski definition) is 6. The van der Waals surface area contributed by atoms with Gasteiger partial charge in [0.25, 0.3) is 0 Å². The number of aromatic nitrogens is 1. The number of thiazole rings is 1. The Morgan fingerprint density at radius 3 is 2.68 bits per heavy atom. The summed E-state index contributed by atoms with van der Waals surface area (Å²) in [6.07, 6.45) is 1.31. The molecule has 0 saturated heterocycles. The molecule has 0 saturated carbocycles. The highest BCUT2D eigenvalue weighted by Crippen LogP contribution is 2.34. The average molecular weight is 440 g/mol.